The summed E-state index contributed by atoms with van der Waals surface area (Å²) in [6, 6.07) is 6.89. The van der Waals surface area contributed by atoms with Crippen LogP contribution in [-0.2, 0) is 14.9 Å². The van der Waals surface area contributed by atoms with Crippen molar-refractivity contribution < 1.29 is 24.6 Å². The number of carboxylic acid groups (broad SMARTS) is 2. The molecule has 24 heavy (non-hydrogen) atoms. The summed E-state index contributed by atoms with van der Waals surface area (Å²) < 4.78 is 0. The summed E-state index contributed by atoms with van der Waals surface area (Å²) in [4.78, 5) is 36.9. The predicted molar refractivity (Wildman–Crippen MR) is 93.3 cm³/mol. The summed E-state index contributed by atoms with van der Waals surface area (Å²) in [7, 11) is 0. The third-order valence-corrected chi connectivity index (χ3v) is 4.82. The van der Waals surface area contributed by atoms with Gasteiger partial charge >= 0.3 is 11.9 Å². The number of carboxylic acids is 2. The monoisotopic (exact) mass is 399 g/mol. The highest BCUT2D eigenvalue weighted by atomic mass is 79.9. The van der Waals surface area contributed by atoms with Gasteiger partial charge in [0, 0.05) is 23.9 Å². The molecular weight excluding hydrogens is 378 g/mol. The number of amides is 1. The Kier molecular flexibility index (Phi) is 7.41. The van der Waals surface area contributed by atoms with Crippen LogP contribution >= 0.6 is 15.9 Å². The van der Waals surface area contributed by atoms with Gasteiger partial charge in [-0.05, 0) is 37.5 Å². The molecule has 0 spiro atoms. The van der Waals surface area contributed by atoms with Gasteiger partial charge in [-0.3, -0.25) is 9.59 Å². The van der Waals surface area contributed by atoms with E-state index in [2.05, 4.69) is 15.9 Å². The SMILES string of the molecule is CCN(C(=O)c1ccc(CBr)cc1)[C@@](CC)(CCC(=O)O)C(=O)O. The van der Waals surface area contributed by atoms with Gasteiger partial charge in [-0.2, -0.15) is 0 Å². The molecule has 0 saturated heterocycles. The molecule has 7 heteroatoms. The zero-order chi connectivity index (χ0) is 18.3. The van der Waals surface area contributed by atoms with E-state index in [0.29, 0.717) is 10.9 Å². The average Bonchev–Trinajstić information content (AvgIpc) is 2.57. The first-order valence-electron chi connectivity index (χ1n) is 7.74. The van der Waals surface area contributed by atoms with Crippen molar-refractivity contribution in [1.82, 2.24) is 4.90 Å². The normalized spacial score (nSPS) is 13.1. The van der Waals surface area contributed by atoms with Gasteiger partial charge in [0.25, 0.3) is 5.91 Å². The number of nitrogens with zero attached hydrogens (tertiary/aromatic N) is 1. The molecule has 0 aromatic heterocycles. The molecule has 1 aromatic carbocycles. The first-order chi connectivity index (χ1) is 11.3. The zero-order valence-electron chi connectivity index (χ0n) is 13.8. The van der Waals surface area contributed by atoms with Gasteiger partial charge in [-0.15, -0.1) is 0 Å². The molecule has 0 bridgehead atoms. The van der Waals surface area contributed by atoms with Crippen molar-refractivity contribution in [2.24, 2.45) is 0 Å². The lowest BCUT2D eigenvalue weighted by Gasteiger charge is -2.39. The third-order valence-electron chi connectivity index (χ3n) is 4.17. The summed E-state index contributed by atoms with van der Waals surface area (Å²) in [5, 5.41) is 19.3. The second-order valence-corrected chi connectivity index (χ2v) is 6.02. The van der Waals surface area contributed by atoms with E-state index in [-0.39, 0.29) is 25.8 Å². The highest BCUT2D eigenvalue weighted by molar-refractivity contribution is 9.08. The molecular formula is C17H22BrNO5. The lowest BCUT2D eigenvalue weighted by molar-refractivity contribution is -0.151. The summed E-state index contributed by atoms with van der Waals surface area (Å²) in [5.41, 5.74) is -0.144. The molecule has 0 radical (unpaired) electrons. The Bertz CT molecular complexity index is 602. The first kappa shape index (κ1) is 20.2. The van der Waals surface area contributed by atoms with E-state index in [0.717, 1.165) is 5.56 Å². The molecule has 132 valence electrons. The van der Waals surface area contributed by atoms with E-state index in [9.17, 15) is 19.5 Å². The predicted octanol–water partition coefficient (Wildman–Crippen LogP) is 3.14. The molecule has 2 N–H and O–H groups in total. The standard InChI is InChI=1S/C17H22BrNO5/c1-3-17(16(23)24,10-9-14(20)21)19(4-2)15(22)13-7-5-12(11-18)6-8-13/h5-8H,3-4,9-11H2,1-2H3,(H,20,21)(H,23,24)/t17-/m0/s1. The Morgan fingerprint density at radius 3 is 2.08 bits per heavy atom. The van der Waals surface area contributed by atoms with Gasteiger partial charge in [-0.1, -0.05) is 35.0 Å². The fourth-order valence-electron chi connectivity index (χ4n) is 2.72. The van der Waals surface area contributed by atoms with Gasteiger partial charge in [0.15, 0.2) is 0 Å². The smallest absolute Gasteiger partial charge is 0.329 e. The Balaban J connectivity index is 3.21. The Morgan fingerprint density at radius 1 is 1.12 bits per heavy atom. The molecule has 1 atom stereocenters. The van der Waals surface area contributed by atoms with Crippen molar-refractivity contribution in [2.45, 2.75) is 44.0 Å². The quantitative estimate of drug-likeness (QED) is 0.621. The average molecular weight is 400 g/mol. The number of carbonyl (C=O) groups is 3. The second kappa shape index (κ2) is 8.82. The molecule has 0 saturated carbocycles. The van der Waals surface area contributed by atoms with E-state index >= 15 is 0 Å². The van der Waals surface area contributed by atoms with Crippen LogP contribution in [0.25, 0.3) is 0 Å². The van der Waals surface area contributed by atoms with Crippen molar-refractivity contribution in [3.8, 4) is 0 Å². The highest BCUT2D eigenvalue weighted by Gasteiger charge is 2.44. The number of rotatable bonds is 9. The van der Waals surface area contributed by atoms with E-state index in [1.807, 2.05) is 0 Å². The fourth-order valence-corrected chi connectivity index (χ4v) is 3.10. The van der Waals surface area contributed by atoms with Gasteiger partial charge < -0.3 is 15.1 Å². The molecule has 0 aliphatic carbocycles. The molecule has 1 aromatic rings. The number of hydrogen-bond acceptors (Lipinski definition) is 3. The summed E-state index contributed by atoms with van der Waals surface area (Å²) in [6.07, 6.45) is -0.311. The van der Waals surface area contributed by atoms with Crippen LogP contribution in [0, 0.1) is 0 Å². The van der Waals surface area contributed by atoms with Crippen molar-refractivity contribution in [2.75, 3.05) is 6.54 Å². The van der Waals surface area contributed by atoms with E-state index < -0.39 is 23.4 Å². The molecule has 0 aliphatic heterocycles. The van der Waals surface area contributed by atoms with Crippen LogP contribution < -0.4 is 0 Å². The topological polar surface area (TPSA) is 94.9 Å². The minimum atomic E-state index is -1.53. The minimum absolute atomic E-state index is 0.132. The fraction of sp³-hybridized carbons (Fsp3) is 0.471. The zero-order valence-corrected chi connectivity index (χ0v) is 15.4. The van der Waals surface area contributed by atoms with E-state index in [4.69, 9.17) is 5.11 Å². The van der Waals surface area contributed by atoms with E-state index in [1.165, 1.54) is 4.90 Å². The number of carbonyl (C=O) groups excluding carboxylic acids is 1. The molecule has 0 unspecified atom stereocenters. The van der Waals surface area contributed by atoms with Crippen LogP contribution in [0.4, 0.5) is 0 Å². The number of benzene rings is 1. The molecule has 1 amide bonds. The molecule has 1 rings (SSSR count). The summed E-state index contributed by atoms with van der Waals surface area (Å²) in [5.74, 6) is -2.67. The first-order valence-corrected chi connectivity index (χ1v) is 8.86. The van der Waals surface area contributed by atoms with Crippen LogP contribution in [0.3, 0.4) is 0 Å². The maximum atomic E-state index is 12.8. The third kappa shape index (κ3) is 4.35. The second-order valence-electron chi connectivity index (χ2n) is 5.46. The van der Waals surface area contributed by atoms with Gasteiger partial charge in [0.2, 0.25) is 0 Å². The number of hydrogen-bond donors (Lipinski definition) is 2. The van der Waals surface area contributed by atoms with Gasteiger partial charge in [0.1, 0.15) is 5.54 Å². The van der Waals surface area contributed by atoms with Crippen molar-refractivity contribution in [3.63, 3.8) is 0 Å². The van der Waals surface area contributed by atoms with E-state index in [1.54, 1.807) is 38.1 Å². The van der Waals surface area contributed by atoms with Gasteiger partial charge in [-0.25, -0.2) is 4.79 Å². The Hall–Kier alpha value is -1.89. The maximum absolute atomic E-state index is 12.8. The number of alkyl halides is 1. The highest BCUT2D eigenvalue weighted by Crippen LogP contribution is 2.28. The number of likely N-dealkylation sites (N-methyl/N-ethyl adjacent to an activating group) is 1. The largest absolute Gasteiger partial charge is 0.481 e. The number of aliphatic carboxylic acids is 2. The van der Waals surface area contributed by atoms with Crippen molar-refractivity contribution in [3.05, 3.63) is 35.4 Å². The molecule has 6 nitrogen and oxygen atoms in total. The maximum Gasteiger partial charge on any atom is 0.329 e. The van der Waals surface area contributed by atoms with Crippen molar-refractivity contribution >= 4 is 33.8 Å². The molecule has 0 aliphatic rings. The lowest BCUT2D eigenvalue weighted by Crippen LogP contribution is -2.57. The number of halogens is 1. The molecule has 0 heterocycles. The summed E-state index contributed by atoms with van der Waals surface area (Å²) in [6.45, 7) is 3.53. The van der Waals surface area contributed by atoms with Crippen LogP contribution in [0.2, 0.25) is 0 Å². The van der Waals surface area contributed by atoms with Crippen LogP contribution in [0.15, 0.2) is 24.3 Å². The minimum Gasteiger partial charge on any atom is -0.481 e. The Labute approximate surface area is 149 Å². The Morgan fingerprint density at radius 2 is 1.71 bits per heavy atom. The lowest BCUT2D eigenvalue weighted by atomic mass is 9.87. The van der Waals surface area contributed by atoms with Crippen LogP contribution in [-0.4, -0.2) is 45.0 Å². The molecule has 0 fully saturated rings. The van der Waals surface area contributed by atoms with Crippen LogP contribution in [0.5, 0.6) is 0 Å². The van der Waals surface area contributed by atoms with Crippen LogP contribution in [0.1, 0.15) is 49.0 Å². The van der Waals surface area contributed by atoms with Gasteiger partial charge in [0.05, 0.1) is 0 Å². The summed E-state index contributed by atoms with van der Waals surface area (Å²) >= 11 is 3.33. The van der Waals surface area contributed by atoms with Crippen molar-refractivity contribution in [1.29, 1.82) is 0 Å².